The predicted molar refractivity (Wildman–Crippen MR) is 108 cm³/mol. The third kappa shape index (κ3) is 5.15. The Hall–Kier alpha value is -3.11. The first-order valence-electron chi connectivity index (χ1n) is 9.59. The molecule has 164 valence electrons. The van der Waals surface area contributed by atoms with E-state index < -0.39 is 39.7 Å². The van der Waals surface area contributed by atoms with Gasteiger partial charge in [-0.2, -0.15) is 0 Å². The van der Waals surface area contributed by atoms with Crippen LogP contribution in [-0.4, -0.2) is 50.8 Å². The van der Waals surface area contributed by atoms with Crippen molar-refractivity contribution in [2.45, 2.75) is 30.3 Å². The molecule has 1 saturated heterocycles. The van der Waals surface area contributed by atoms with Gasteiger partial charge in [-0.05, 0) is 68.8 Å². The Balaban J connectivity index is 1.78. The molecule has 1 heterocycles. The van der Waals surface area contributed by atoms with Crippen LogP contribution in [-0.2, 0) is 19.6 Å². The molecule has 1 atom stereocenters. The highest BCUT2D eigenvalue weighted by atomic mass is 32.2. The zero-order chi connectivity index (χ0) is 22.6. The first-order valence-corrected chi connectivity index (χ1v) is 11.1. The molecular formula is C21H21FN2O6S. The summed E-state index contributed by atoms with van der Waals surface area (Å²) in [6.07, 6.45) is 0.115. The molecule has 0 radical (unpaired) electrons. The van der Waals surface area contributed by atoms with Crippen molar-refractivity contribution in [2.75, 3.05) is 13.6 Å². The molecule has 0 aromatic heterocycles. The summed E-state index contributed by atoms with van der Waals surface area (Å²) in [5, 5.41) is 0. The Morgan fingerprint density at radius 1 is 1.10 bits per heavy atom. The van der Waals surface area contributed by atoms with E-state index in [4.69, 9.17) is 4.74 Å². The summed E-state index contributed by atoms with van der Waals surface area (Å²) in [7, 11) is -2.51. The lowest BCUT2D eigenvalue weighted by Gasteiger charge is -2.23. The van der Waals surface area contributed by atoms with Crippen LogP contribution in [0.2, 0.25) is 0 Å². The highest BCUT2D eigenvalue weighted by Gasteiger charge is 2.34. The number of hydrogen-bond acceptors (Lipinski definition) is 6. The van der Waals surface area contributed by atoms with Crippen molar-refractivity contribution in [2.24, 2.45) is 0 Å². The van der Waals surface area contributed by atoms with Crippen LogP contribution in [0.4, 0.5) is 4.39 Å². The van der Waals surface area contributed by atoms with Crippen LogP contribution < -0.4 is 4.72 Å². The van der Waals surface area contributed by atoms with Gasteiger partial charge in [0.25, 0.3) is 11.8 Å². The van der Waals surface area contributed by atoms with Gasteiger partial charge in [-0.15, -0.1) is 0 Å². The molecule has 0 bridgehead atoms. The fourth-order valence-electron chi connectivity index (χ4n) is 3.17. The second-order valence-corrected chi connectivity index (χ2v) is 8.81. The summed E-state index contributed by atoms with van der Waals surface area (Å²) in [4.78, 5) is 39.1. The maximum atomic E-state index is 13.1. The number of rotatable bonds is 5. The highest BCUT2D eigenvalue weighted by Crippen LogP contribution is 2.20. The van der Waals surface area contributed by atoms with E-state index in [1.165, 1.54) is 37.4 Å². The quantitative estimate of drug-likeness (QED) is 0.554. The zero-order valence-corrected chi connectivity index (χ0v) is 17.5. The van der Waals surface area contributed by atoms with Gasteiger partial charge in [0.05, 0.1) is 10.5 Å². The molecule has 1 N–H and O–H groups in total. The average Bonchev–Trinajstić information content (AvgIpc) is 2.95. The minimum absolute atomic E-state index is 0.0372. The van der Waals surface area contributed by atoms with Gasteiger partial charge in [0, 0.05) is 12.1 Å². The molecule has 1 fully saturated rings. The van der Waals surface area contributed by atoms with E-state index in [1.807, 2.05) is 0 Å². The van der Waals surface area contributed by atoms with Gasteiger partial charge in [-0.25, -0.2) is 22.3 Å². The third-order valence-electron chi connectivity index (χ3n) is 4.87. The summed E-state index contributed by atoms with van der Waals surface area (Å²) < 4.78 is 44.5. The van der Waals surface area contributed by atoms with Crippen LogP contribution >= 0.6 is 0 Å². The monoisotopic (exact) mass is 448 g/mol. The van der Waals surface area contributed by atoms with E-state index in [0.717, 1.165) is 23.1 Å². The number of carbonyl (C=O) groups is 3. The van der Waals surface area contributed by atoms with E-state index in [0.29, 0.717) is 12.8 Å². The number of carbonyl (C=O) groups excluding carboxylic acids is 3. The fraction of sp³-hybridized carbons (Fsp3) is 0.286. The lowest BCUT2D eigenvalue weighted by atomic mass is 10.1. The Bertz CT molecular complexity index is 1100. The van der Waals surface area contributed by atoms with Gasteiger partial charge in [0.2, 0.25) is 10.0 Å². The summed E-state index contributed by atoms with van der Waals surface area (Å²) in [6.45, 7) is 0.152. The molecule has 2 amide bonds. The van der Waals surface area contributed by atoms with E-state index >= 15 is 0 Å². The normalized spacial score (nSPS) is 17.2. The number of benzene rings is 2. The lowest BCUT2D eigenvalue weighted by Crippen LogP contribution is -2.43. The maximum absolute atomic E-state index is 13.1. The summed E-state index contributed by atoms with van der Waals surface area (Å²) in [6, 6.07) is 10.0. The Morgan fingerprint density at radius 2 is 1.81 bits per heavy atom. The number of likely N-dealkylation sites (tertiary alicyclic amines) is 1. The van der Waals surface area contributed by atoms with Crippen molar-refractivity contribution in [1.29, 1.82) is 0 Å². The first kappa shape index (κ1) is 22.6. The Morgan fingerprint density at radius 3 is 2.48 bits per heavy atom. The van der Waals surface area contributed by atoms with Gasteiger partial charge in [-0.3, -0.25) is 14.5 Å². The molecule has 10 heteroatoms. The molecule has 1 aliphatic heterocycles. The minimum Gasteiger partial charge on any atom is -0.449 e. The molecule has 0 aliphatic carbocycles. The average molecular weight is 448 g/mol. The minimum atomic E-state index is -3.76. The second-order valence-electron chi connectivity index (χ2n) is 6.93. The molecule has 0 saturated carbocycles. The number of esters is 1. The lowest BCUT2D eigenvalue weighted by molar-refractivity contribution is -0.137. The molecule has 0 spiro atoms. The van der Waals surface area contributed by atoms with Crippen molar-refractivity contribution in [3.05, 3.63) is 65.5 Å². The maximum Gasteiger partial charge on any atom is 0.338 e. The molecule has 2 aromatic rings. The summed E-state index contributed by atoms with van der Waals surface area (Å²) in [5.74, 6) is -2.65. The SMILES string of the molecule is CNS(=O)(=O)c1cccc(C(=O)OC2CCCCN(C(=O)c3ccc(F)cc3)C2=O)c1. The Kier molecular flexibility index (Phi) is 6.81. The van der Waals surface area contributed by atoms with Crippen LogP contribution in [0.1, 0.15) is 40.0 Å². The number of ether oxygens (including phenoxy) is 1. The topological polar surface area (TPSA) is 110 Å². The molecule has 1 unspecified atom stereocenters. The van der Waals surface area contributed by atoms with Crippen LogP contribution in [0.5, 0.6) is 0 Å². The molecule has 1 aliphatic rings. The van der Waals surface area contributed by atoms with Gasteiger partial charge in [-0.1, -0.05) is 6.07 Å². The molecule has 8 nitrogen and oxygen atoms in total. The van der Waals surface area contributed by atoms with E-state index in [9.17, 15) is 27.2 Å². The number of halogens is 1. The van der Waals surface area contributed by atoms with Crippen molar-refractivity contribution in [3.8, 4) is 0 Å². The van der Waals surface area contributed by atoms with Crippen molar-refractivity contribution in [3.63, 3.8) is 0 Å². The van der Waals surface area contributed by atoms with Crippen LogP contribution in [0, 0.1) is 5.82 Å². The van der Waals surface area contributed by atoms with Crippen molar-refractivity contribution < 1.29 is 31.9 Å². The van der Waals surface area contributed by atoms with E-state index in [-0.39, 0.29) is 29.0 Å². The summed E-state index contributed by atoms with van der Waals surface area (Å²) in [5.41, 5.74) is 0.108. The molecular weight excluding hydrogens is 427 g/mol. The summed E-state index contributed by atoms with van der Waals surface area (Å²) >= 11 is 0. The third-order valence-corrected chi connectivity index (χ3v) is 6.29. The van der Waals surface area contributed by atoms with Crippen LogP contribution in [0.25, 0.3) is 0 Å². The number of nitrogens with one attached hydrogen (secondary N) is 1. The van der Waals surface area contributed by atoms with Gasteiger partial charge < -0.3 is 4.74 Å². The van der Waals surface area contributed by atoms with Gasteiger partial charge >= 0.3 is 5.97 Å². The van der Waals surface area contributed by atoms with Crippen molar-refractivity contribution >= 4 is 27.8 Å². The van der Waals surface area contributed by atoms with E-state index in [1.54, 1.807) is 0 Å². The second kappa shape index (κ2) is 9.36. The molecule has 31 heavy (non-hydrogen) atoms. The van der Waals surface area contributed by atoms with Crippen LogP contribution in [0.3, 0.4) is 0 Å². The largest absolute Gasteiger partial charge is 0.449 e. The van der Waals surface area contributed by atoms with Gasteiger partial charge in [0.15, 0.2) is 6.10 Å². The Labute approximate surface area is 179 Å². The van der Waals surface area contributed by atoms with E-state index in [2.05, 4.69) is 4.72 Å². The predicted octanol–water partition coefficient (Wildman–Crippen LogP) is 2.11. The number of amides is 2. The number of hydrogen-bond donors (Lipinski definition) is 1. The number of sulfonamides is 1. The first-order chi connectivity index (χ1) is 14.7. The number of imide groups is 1. The standard InChI is InChI=1S/C21H21FN2O6S/c1-23-31(28,29)17-6-4-5-15(13-17)21(27)30-18-7-2-3-12-24(20(18)26)19(25)14-8-10-16(22)11-9-14/h4-6,8-11,13,18,23H,2-3,7,12H2,1H3. The van der Waals surface area contributed by atoms with Crippen molar-refractivity contribution in [1.82, 2.24) is 9.62 Å². The van der Waals surface area contributed by atoms with Gasteiger partial charge in [0.1, 0.15) is 5.82 Å². The molecule has 2 aromatic carbocycles. The fourth-order valence-corrected chi connectivity index (χ4v) is 3.95. The highest BCUT2D eigenvalue weighted by molar-refractivity contribution is 7.89. The number of nitrogens with zero attached hydrogens (tertiary/aromatic N) is 1. The zero-order valence-electron chi connectivity index (χ0n) is 16.7. The smallest absolute Gasteiger partial charge is 0.338 e. The van der Waals surface area contributed by atoms with Crippen LogP contribution in [0.15, 0.2) is 53.4 Å². The molecule has 3 rings (SSSR count).